The number of Topliss-reactive ketones (excluding diaryl/α,β-unsaturated/α-hetero) is 1. The molecule has 0 aromatic heterocycles. The van der Waals surface area contributed by atoms with Crippen molar-refractivity contribution in [2.75, 3.05) is 18.4 Å². The van der Waals surface area contributed by atoms with Gasteiger partial charge >= 0.3 is 0 Å². The number of rotatable bonds is 4. The molecule has 108 valence electrons. The third kappa shape index (κ3) is 3.59. The molecule has 1 aliphatic rings. The molecule has 1 N–H and O–H groups in total. The molecule has 0 spiro atoms. The van der Waals surface area contributed by atoms with Crippen molar-refractivity contribution >= 4 is 17.4 Å². The Morgan fingerprint density at radius 1 is 1.25 bits per heavy atom. The number of hydrogen-bond donors (Lipinski definition) is 1. The Morgan fingerprint density at radius 3 is 2.55 bits per heavy atom. The van der Waals surface area contributed by atoms with Crippen LogP contribution < -0.4 is 5.32 Å². The maximum atomic E-state index is 12.2. The van der Waals surface area contributed by atoms with Crippen LogP contribution in [0.3, 0.4) is 0 Å². The van der Waals surface area contributed by atoms with E-state index in [1.165, 1.54) is 6.42 Å². The molecule has 0 radical (unpaired) electrons. The minimum absolute atomic E-state index is 0.0507. The number of nitrogens with zero attached hydrogens (tertiary/aromatic N) is 1. The van der Waals surface area contributed by atoms with Crippen LogP contribution in [0.5, 0.6) is 0 Å². The molecule has 20 heavy (non-hydrogen) atoms. The van der Waals surface area contributed by atoms with Crippen LogP contribution in [0, 0.1) is 0 Å². The van der Waals surface area contributed by atoms with E-state index in [0.717, 1.165) is 25.1 Å². The number of benzene rings is 1. The molecule has 1 fully saturated rings. The number of anilines is 1. The van der Waals surface area contributed by atoms with Crippen LogP contribution in [0.25, 0.3) is 0 Å². The first-order valence-electron chi connectivity index (χ1n) is 7.22. The first-order chi connectivity index (χ1) is 9.58. The highest BCUT2D eigenvalue weighted by Gasteiger charge is 2.22. The van der Waals surface area contributed by atoms with Crippen molar-refractivity contribution in [2.24, 2.45) is 0 Å². The van der Waals surface area contributed by atoms with Gasteiger partial charge in [-0.3, -0.25) is 9.59 Å². The predicted molar refractivity (Wildman–Crippen MR) is 80.0 cm³/mol. The molecule has 1 aromatic rings. The van der Waals surface area contributed by atoms with Crippen LogP contribution in [0.1, 0.15) is 43.5 Å². The molecule has 4 heteroatoms. The largest absolute Gasteiger partial charge is 0.376 e. The van der Waals surface area contributed by atoms with E-state index in [-0.39, 0.29) is 11.7 Å². The first-order valence-corrected chi connectivity index (χ1v) is 7.22. The van der Waals surface area contributed by atoms with Gasteiger partial charge in [-0.05, 0) is 57.4 Å². The Bertz CT molecular complexity index is 482. The topological polar surface area (TPSA) is 49.4 Å². The van der Waals surface area contributed by atoms with Crippen molar-refractivity contribution in [2.45, 2.75) is 39.2 Å². The average Bonchev–Trinajstić information content (AvgIpc) is 2.45. The first kappa shape index (κ1) is 14.6. The van der Waals surface area contributed by atoms with Crippen LogP contribution in [0.15, 0.2) is 24.3 Å². The van der Waals surface area contributed by atoms with Crippen molar-refractivity contribution < 1.29 is 9.59 Å². The second-order valence-corrected chi connectivity index (χ2v) is 5.42. The van der Waals surface area contributed by atoms with E-state index in [9.17, 15) is 9.59 Å². The highest BCUT2D eigenvalue weighted by atomic mass is 16.2. The summed E-state index contributed by atoms with van der Waals surface area (Å²) in [6.07, 6.45) is 3.41. The molecule has 1 saturated heterocycles. The Hall–Kier alpha value is -1.84. The highest BCUT2D eigenvalue weighted by molar-refractivity contribution is 5.94. The van der Waals surface area contributed by atoms with E-state index in [4.69, 9.17) is 0 Å². The second-order valence-electron chi connectivity index (χ2n) is 5.42. The molecule has 1 atom stereocenters. The predicted octanol–water partition coefficient (Wildman–Crippen LogP) is 2.70. The van der Waals surface area contributed by atoms with Gasteiger partial charge in [0, 0.05) is 23.8 Å². The maximum Gasteiger partial charge on any atom is 0.242 e. The Morgan fingerprint density at radius 2 is 1.95 bits per heavy atom. The van der Waals surface area contributed by atoms with Gasteiger partial charge in [-0.2, -0.15) is 0 Å². The van der Waals surface area contributed by atoms with E-state index in [2.05, 4.69) is 12.2 Å². The lowest BCUT2D eigenvalue weighted by Crippen LogP contribution is -2.44. The fourth-order valence-corrected chi connectivity index (χ4v) is 2.57. The number of likely N-dealkylation sites (tertiary alicyclic amines) is 1. The summed E-state index contributed by atoms with van der Waals surface area (Å²) in [7, 11) is 0. The lowest BCUT2D eigenvalue weighted by Gasteiger charge is -2.33. The van der Waals surface area contributed by atoms with Crippen molar-refractivity contribution in [3.8, 4) is 0 Å². The number of carbonyl (C=O) groups excluding carboxylic acids is 2. The fourth-order valence-electron chi connectivity index (χ4n) is 2.57. The molecular weight excluding hydrogens is 252 g/mol. The third-order valence-corrected chi connectivity index (χ3v) is 3.86. The van der Waals surface area contributed by atoms with Gasteiger partial charge in [0.2, 0.25) is 5.91 Å². The summed E-state index contributed by atoms with van der Waals surface area (Å²) in [4.78, 5) is 25.3. The van der Waals surface area contributed by atoms with Crippen LogP contribution in [0.4, 0.5) is 5.69 Å². The van der Waals surface area contributed by atoms with E-state index < -0.39 is 0 Å². The van der Waals surface area contributed by atoms with Gasteiger partial charge in [-0.15, -0.1) is 0 Å². The molecule has 1 unspecified atom stereocenters. The van der Waals surface area contributed by atoms with Gasteiger partial charge in [0.15, 0.2) is 5.78 Å². The van der Waals surface area contributed by atoms with Crippen LogP contribution in [0.2, 0.25) is 0 Å². The Labute approximate surface area is 120 Å². The van der Waals surface area contributed by atoms with Gasteiger partial charge in [0.05, 0.1) is 6.54 Å². The maximum absolute atomic E-state index is 12.2. The summed E-state index contributed by atoms with van der Waals surface area (Å²) < 4.78 is 0. The van der Waals surface area contributed by atoms with Crippen molar-refractivity contribution in [3.05, 3.63) is 29.8 Å². The lowest BCUT2D eigenvalue weighted by atomic mass is 10.0. The molecule has 0 saturated carbocycles. The number of nitrogens with one attached hydrogen (secondary N) is 1. The van der Waals surface area contributed by atoms with E-state index >= 15 is 0 Å². The summed E-state index contributed by atoms with van der Waals surface area (Å²) >= 11 is 0. The van der Waals surface area contributed by atoms with E-state index in [1.807, 2.05) is 17.0 Å². The lowest BCUT2D eigenvalue weighted by molar-refractivity contribution is -0.132. The van der Waals surface area contributed by atoms with Gasteiger partial charge in [0.25, 0.3) is 0 Å². The summed E-state index contributed by atoms with van der Waals surface area (Å²) in [6, 6.07) is 7.57. The molecule has 1 heterocycles. The fraction of sp³-hybridized carbons (Fsp3) is 0.500. The highest BCUT2D eigenvalue weighted by Crippen LogP contribution is 2.17. The second kappa shape index (κ2) is 6.55. The molecule has 1 aromatic carbocycles. The van der Waals surface area contributed by atoms with Crippen molar-refractivity contribution in [3.63, 3.8) is 0 Å². The van der Waals surface area contributed by atoms with Gasteiger partial charge < -0.3 is 10.2 Å². The molecule has 1 aliphatic heterocycles. The van der Waals surface area contributed by atoms with Gasteiger partial charge in [-0.1, -0.05) is 0 Å². The minimum atomic E-state index is 0.0507. The molecule has 4 nitrogen and oxygen atoms in total. The van der Waals surface area contributed by atoms with Crippen LogP contribution in [-0.4, -0.2) is 35.7 Å². The number of ketones is 1. The normalized spacial score (nSPS) is 18.7. The summed E-state index contributed by atoms with van der Waals surface area (Å²) in [5, 5.41) is 3.13. The smallest absolute Gasteiger partial charge is 0.242 e. The minimum Gasteiger partial charge on any atom is -0.376 e. The quantitative estimate of drug-likeness (QED) is 0.859. The average molecular weight is 274 g/mol. The summed E-state index contributed by atoms with van der Waals surface area (Å²) in [5.74, 6) is 0.197. The number of piperidine rings is 1. The van der Waals surface area contributed by atoms with Crippen LogP contribution in [-0.2, 0) is 4.79 Å². The van der Waals surface area contributed by atoms with E-state index in [1.54, 1.807) is 19.1 Å². The zero-order valence-corrected chi connectivity index (χ0v) is 12.2. The standard InChI is InChI=1S/C16H22N2O2/c1-12-5-3-4-10-18(12)16(20)11-17-15-8-6-14(7-9-15)13(2)19/h6-9,12,17H,3-5,10-11H2,1-2H3. The molecule has 0 bridgehead atoms. The molecular formula is C16H22N2O2. The zero-order valence-electron chi connectivity index (χ0n) is 12.2. The van der Waals surface area contributed by atoms with Gasteiger partial charge in [0.1, 0.15) is 0 Å². The SMILES string of the molecule is CC(=O)c1ccc(NCC(=O)N2CCCCC2C)cc1. The number of amides is 1. The third-order valence-electron chi connectivity index (χ3n) is 3.86. The van der Waals surface area contributed by atoms with Crippen LogP contribution >= 0.6 is 0 Å². The molecule has 2 rings (SSSR count). The molecule has 0 aliphatic carbocycles. The number of carbonyl (C=O) groups is 2. The van der Waals surface area contributed by atoms with Crippen molar-refractivity contribution in [1.82, 2.24) is 4.90 Å². The monoisotopic (exact) mass is 274 g/mol. The summed E-state index contributed by atoms with van der Waals surface area (Å²) in [5.41, 5.74) is 1.56. The molecule has 1 amide bonds. The number of hydrogen-bond acceptors (Lipinski definition) is 3. The Kier molecular flexibility index (Phi) is 4.77. The van der Waals surface area contributed by atoms with E-state index in [0.29, 0.717) is 18.2 Å². The van der Waals surface area contributed by atoms with Crippen molar-refractivity contribution in [1.29, 1.82) is 0 Å². The Balaban J connectivity index is 1.88. The summed E-state index contributed by atoms with van der Waals surface area (Å²) in [6.45, 7) is 4.83. The van der Waals surface area contributed by atoms with Gasteiger partial charge in [-0.25, -0.2) is 0 Å². The zero-order chi connectivity index (χ0) is 14.5.